The summed E-state index contributed by atoms with van der Waals surface area (Å²) in [5.41, 5.74) is 7.00. The third-order valence-electron chi connectivity index (χ3n) is 3.63. The monoisotopic (exact) mass is 335 g/mol. The van der Waals surface area contributed by atoms with Gasteiger partial charge in [-0.25, -0.2) is 9.38 Å². The molecule has 3 aromatic carbocycles. The molecule has 0 spiro atoms. The van der Waals surface area contributed by atoms with Crippen molar-refractivity contribution in [1.29, 1.82) is 0 Å². The topological polar surface area (TPSA) is 85.5 Å². The van der Waals surface area contributed by atoms with Gasteiger partial charge in [0.1, 0.15) is 17.3 Å². The quantitative estimate of drug-likeness (QED) is 0.296. The number of hydrogen-bond donors (Lipinski definition) is 3. The van der Waals surface area contributed by atoms with Gasteiger partial charge in [0, 0.05) is 5.56 Å². The molecule has 3 aromatic rings. The number of benzene rings is 3. The van der Waals surface area contributed by atoms with Gasteiger partial charge in [-0.3, -0.25) is 11.3 Å². The number of hydrazine groups is 2. The summed E-state index contributed by atoms with van der Waals surface area (Å²) < 4.78 is 14.0. The van der Waals surface area contributed by atoms with E-state index in [2.05, 4.69) is 16.0 Å². The number of nitrogens with zero attached hydrogens (tertiary/aromatic N) is 1. The summed E-state index contributed by atoms with van der Waals surface area (Å²) in [6.07, 6.45) is 0. The molecule has 5 nitrogen and oxygen atoms in total. The third kappa shape index (κ3) is 3.65. The van der Waals surface area contributed by atoms with Crippen LogP contribution in [-0.2, 0) is 0 Å². The predicted molar refractivity (Wildman–Crippen MR) is 94.4 cm³/mol. The maximum absolute atomic E-state index is 14.0. The lowest BCUT2D eigenvalue weighted by molar-refractivity contribution is -0.267. The van der Waals surface area contributed by atoms with Crippen LogP contribution >= 0.6 is 0 Å². The number of para-hydroxylation sites is 2. The summed E-state index contributed by atoms with van der Waals surface area (Å²) in [6, 6.07) is 20.1. The Bertz CT molecular complexity index is 911. The number of rotatable bonds is 4. The molecule has 4 N–H and O–H groups in total. The highest BCUT2D eigenvalue weighted by atomic mass is 19.1. The van der Waals surface area contributed by atoms with E-state index in [1.807, 2.05) is 6.07 Å². The molecule has 0 heterocycles. The molecule has 0 saturated carbocycles. The molecule has 0 aliphatic carbocycles. The smallest absolute Gasteiger partial charge is 0.149 e. The van der Waals surface area contributed by atoms with E-state index in [0.717, 1.165) is 0 Å². The average Bonchev–Trinajstić information content (AvgIpc) is 2.64. The molecule has 0 saturated heterocycles. The van der Waals surface area contributed by atoms with Crippen LogP contribution in [0.3, 0.4) is 0 Å². The highest BCUT2D eigenvalue weighted by molar-refractivity contribution is 6.05. The molecule has 126 valence electrons. The van der Waals surface area contributed by atoms with E-state index >= 15 is 0 Å². The van der Waals surface area contributed by atoms with Crippen molar-refractivity contribution >= 4 is 11.5 Å². The van der Waals surface area contributed by atoms with Gasteiger partial charge >= 0.3 is 0 Å². The van der Waals surface area contributed by atoms with Crippen molar-refractivity contribution in [3.8, 4) is 16.9 Å². The Labute approximate surface area is 144 Å². The molecular formula is C19H16FN4O-. The second-order valence-electron chi connectivity index (χ2n) is 5.22. The van der Waals surface area contributed by atoms with E-state index < -0.39 is 5.82 Å². The summed E-state index contributed by atoms with van der Waals surface area (Å²) in [6.45, 7) is 0. The number of aliphatic imine (C=N–C) groups is 1. The Hall–Kier alpha value is -3.22. The van der Waals surface area contributed by atoms with E-state index in [-0.39, 0.29) is 11.4 Å². The molecule has 3 rings (SSSR count). The molecule has 0 aliphatic heterocycles. The van der Waals surface area contributed by atoms with Crippen LogP contribution in [-0.4, -0.2) is 5.84 Å². The zero-order valence-corrected chi connectivity index (χ0v) is 13.2. The third-order valence-corrected chi connectivity index (χ3v) is 3.63. The Kier molecular flexibility index (Phi) is 5.03. The number of nitrogens with one attached hydrogen (secondary N) is 2. The summed E-state index contributed by atoms with van der Waals surface area (Å²) >= 11 is 0. The molecule has 0 atom stereocenters. The van der Waals surface area contributed by atoms with Crippen molar-refractivity contribution in [3.05, 3.63) is 84.2 Å². The summed E-state index contributed by atoms with van der Waals surface area (Å²) in [7, 11) is 0. The minimum absolute atomic E-state index is 0.110. The van der Waals surface area contributed by atoms with Crippen molar-refractivity contribution in [3.63, 3.8) is 0 Å². The van der Waals surface area contributed by atoms with Gasteiger partial charge < -0.3 is 5.11 Å². The van der Waals surface area contributed by atoms with Crippen LogP contribution in [0.25, 0.3) is 11.1 Å². The normalized spacial score (nSPS) is 11.4. The van der Waals surface area contributed by atoms with Gasteiger partial charge in [0.05, 0.1) is 0 Å². The zero-order chi connectivity index (χ0) is 17.6. The second-order valence-corrected chi connectivity index (χ2v) is 5.22. The summed E-state index contributed by atoms with van der Waals surface area (Å²) in [5, 5.41) is 12.2. The highest BCUT2D eigenvalue weighted by Crippen LogP contribution is 2.30. The summed E-state index contributed by atoms with van der Waals surface area (Å²) in [5.74, 6) is 5.11. The summed E-state index contributed by atoms with van der Waals surface area (Å²) in [4.78, 5) is 4.32. The van der Waals surface area contributed by atoms with Crippen LogP contribution in [0.1, 0.15) is 5.56 Å². The Morgan fingerprint density at radius 3 is 2.24 bits per heavy atom. The lowest BCUT2D eigenvalue weighted by Crippen LogP contribution is -2.42. The Morgan fingerprint density at radius 1 is 0.880 bits per heavy atom. The van der Waals surface area contributed by atoms with Crippen molar-refractivity contribution in [2.45, 2.75) is 0 Å². The van der Waals surface area contributed by atoms with Gasteiger partial charge in [0.15, 0.2) is 0 Å². The van der Waals surface area contributed by atoms with Gasteiger partial charge in [-0.05, 0) is 23.3 Å². The van der Waals surface area contributed by atoms with E-state index in [9.17, 15) is 9.50 Å². The SMILES string of the molecule is NNNC(=Nc1ccccc1F)c1ccccc1-c1ccccc1[O-]. The molecule has 0 bridgehead atoms. The Morgan fingerprint density at radius 2 is 1.52 bits per heavy atom. The molecule has 0 radical (unpaired) electrons. The van der Waals surface area contributed by atoms with E-state index in [1.54, 1.807) is 54.6 Å². The van der Waals surface area contributed by atoms with Crippen LogP contribution in [0.5, 0.6) is 5.75 Å². The molecule has 0 amide bonds. The van der Waals surface area contributed by atoms with Crippen LogP contribution in [0.2, 0.25) is 0 Å². The van der Waals surface area contributed by atoms with E-state index in [0.29, 0.717) is 22.5 Å². The fourth-order valence-electron chi connectivity index (χ4n) is 2.50. The first-order chi connectivity index (χ1) is 12.2. The number of halogens is 1. The maximum atomic E-state index is 14.0. The molecule has 25 heavy (non-hydrogen) atoms. The van der Waals surface area contributed by atoms with Crippen LogP contribution in [0, 0.1) is 5.82 Å². The van der Waals surface area contributed by atoms with Gasteiger partial charge in [0.2, 0.25) is 0 Å². The van der Waals surface area contributed by atoms with E-state index in [4.69, 9.17) is 5.84 Å². The molecule has 6 heteroatoms. The molecular weight excluding hydrogens is 319 g/mol. The highest BCUT2D eigenvalue weighted by Gasteiger charge is 2.12. The van der Waals surface area contributed by atoms with Crippen LogP contribution < -0.4 is 21.9 Å². The van der Waals surface area contributed by atoms with E-state index in [1.165, 1.54) is 12.1 Å². The lowest BCUT2D eigenvalue weighted by Gasteiger charge is -2.18. The maximum Gasteiger partial charge on any atom is 0.149 e. The first-order valence-corrected chi connectivity index (χ1v) is 7.61. The first-order valence-electron chi connectivity index (χ1n) is 7.61. The predicted octanol–water partition coefficient (Wildman–Crippen LogP) is 2.61. The standard InChI is InChI=1S/C19H17FN4O/c20-16-10-4-5-11-17(16)22-19(23-24-21)15-9-2-1-7-13(15)14-8-3-6-12-18(14)25/h1-12,24-25H,21H2,(H,22,23)/p-1. The molecule has 0 aliphatic rings. The fourth-order valence-corrected chi connectivity index (χ4v) is 2.50. The van der Waals surface area contributed by atoms with Crippen molar-refractivity contribution in [1.82, 2.24) is 11.0 Å². The fraction of sp³-hybridized carbons (Fsp3) is 0. The number of amidine groups is 1. The zero-order valence-electron chi connectivity index (χ0n) is 13.2. The van der Waals surface area contributed by atoms with Crippen molar-refractivity contribution in [2.24, 2.45) is 10.8 Å². The second kappa shape index (κ2) is 7.57. The van der Waals surface area contributed by atoms with Gasteiger partial charge in [-0.2, -0.15) is 5.53 Å². The minimum atomic E-state index is -0.458. The van der Waals surface area contributed by atoms with Crippen molar-refractivity contribution in [2.75, 3.05) is 0 Å². The van der Waals surface area contributed by atoms with Gasteiger partial charge in [-0.15, -0.1) is 5.75 Å². The molecule has 0 unspecified atom stereocenters. The van der Waals surface area contributed by atoms with Crippen LogP contribution in [0.15, 0.2) is 77.8 Å². The number of nitrogens with two attached hydrogens (primary N) is 1. The van der Waals surface area contributed by atoms with Crippen molar-refractivity contribution < 1.29 is 9.50 Å². The lowest BCUT2D eigenvalue weighted by atomic mass is 9.98. The Balaban J connectivity index is 2.16. The molecule has 0 fully saturated rings. The first kappa shape index (κ1) is 16.6. The van der Waals surface area contributed by atoms with Gasteiger partial charge in [0.25, 0.3) is 0 Å². The average molecular weight is 335 g/mol. The van der Waals surface area contributed by atoms with Gasteiger partial charge in [-0.1, -0.05) is 60.7 Å². The minimum Gasteiger partial charge on any atom is -0.872 e. The largest absolute Gasteiger partial charge is 0.872 e. The number of hydrogen-bond acceptors (Lipinski definition) is 4. The van der Waals surface area contributed by atoms with Crippen LogP contribution in [0.4, 0.5) is 10.1 Å². The molecule has 0 aromatic heterocycles.